The Hall–Kier alpha value is -2.37. The standard InChI is InChI=1S/C20H21ClN2O3/c1-13-7-10-18(26-12-13)20(25)23-17-9-8-15(11-16(17)21)22-19(24)14-5-3-2-4-6-14/h2-6,8-9,11,13,18H,7,10,12H2,1H3,(H,22,24)(H,23,25). The van der Waals surface area contributed by atoms with Gasteiger partial charge in [-0.2, -0.15) is 0 Å². The second-order valence-corrected chi connectivity index (χ2v) is 6.92. The van der Waals surface area contributed by atoms with Crippen molar-refractivity contribution in [1.29, 1.82) is 0 Å². The van der Waals surface area contributed by atoms with Gasteiger partial charge < -0.3 is 15.4 Å². The number of anilines is 2. The highest BCUT2D eigenvalue weighted by Gasteiger charge is 2.25. The Morgan fingerprint density at radius 2 is 1.85 bits per heavy atom. The lowest BCUT2D eigenvalue weighted by Crippen LogP contribution is -2.35. The Bertz CT molecular complexity index is 787. The number of hydrogen-bond acceptors (Lipinski definition) is 3. The fraction of sp³-hybridized carbons (Fsp3) is 0.300. The van der Waals surface area contributed by atoms with Crippen LogP contribution in [0.5, 0.6) is 0 Å². The molecule has 0 aromatic heterocycles. The van der Waals surface area contributed by atoms with Crippen LogP contribution in [0, 0.1) is 5.92 Å². The number of nitrogens with one attached hydrogen (secondary N) is 2. The van der Waals surface area contributed by atoms with Crippen LogP contribution in [-0.2, 0) is 9.53 Å². The van der Waals surface area contributed by atoms with E-state index in [9.17, 15) is 9.59 Å². The van der Waals surface area contributed by atoms with Crippen molar-refractivity contribution in [2.75, 3.05) is 17.2 Å². The van der Waals surface area contributed by atoms with Crippen molar-refractivity contribution >= 4 is 34.8 Å². The van der Waals surface area contributed by atoms with Crippen LogP contribution in [0.2, 0.25) is 5.02 Å². The molecule has 0 bridgehead atoms. The zero-order valence-electron chi connectivity index (χ0n) is 14.5. The van der Waals surface area contributed by atoms with Crippen molar-refractivity contribution in [2.24, 2.45) is 5.92 Å². The van der Waals surface area contributed by atoms with Crippen LogP contribution >= 0.6 is 11.6 Å². The van der Waals surface area contributed by atoms with E-state index in [2.05, 4.69) is 17.6 Å². The van der Waals surface area contributed by atoms with Gasteiger partial charge in [0.2, 0.25) is 0 Å². The van der Waals surface area contributed by atoms with E-state index in [0.717, 1.165) is 6.42 Å². The molecule has 2 aromatic rings. The fourth-order valence-electron chi connectivity index (χ4n) is 2.79. The molecule has 1 aliphatic rings. The number of benzene rings is 2. The van der Waals surface area contributed by atoms with Gasteiger partial charge >= 0.3 is 0 Å². The minimum Gasteiger partial charge on any atom is -0.368 e. The molecule has 2 N–H and O–H groups in total. The number of hydrogen-bond donors (Lipinski definition) is 2. The number of amides is 2. The third-order valence-corrected chi connectivity index (χ3v) is 4.63. The lowest BCUT2D eigenvalue weighted by atomic mass is 10.00. The molecule has 0 aliphatic carbocycles. The first-order chi connectivity index (χ1) is 12.5. The molecular formula is C20H21ClN2O3. The molecular weight excluding hydrogens is 352 g/mol. The molecule has 3 rings (SSSR count). The second kappa shape index (κ2) is 8.34. The van der Waals surface area contributed by atoms with Crippen molar-refractivity contribution in [3.8, 4) is 0 Å². The Morgan fingerprint density at radius 3 is 2.50 bits per heavy atom. The van der Waals surface area contributed by atoms with Gasteiger partial charge in [0, 0.05) is 11.3 Å². The third-order valence-electron chi connectivity index (χ3n) is 4.32. The van der Waals surface area contributed by atoms with Gasteiger partial charge in [-0.1, -0.05) is 36.7 Å². The zero-order chi connectivity index (χ0) is 18.5. The van der Waals surface area contributed by atoms with Crippen molar-refractivity contribution in [3.05, 3.63) is 59.1 Å². The maximum absolute atomic E-state index is 12.3. The smallest absolute Gasteiger partial charge is 0.255 e. The van der Waals surface area contributed by atoms with Crippen LogP contribution in [0.1, 0.15) is 30.1 Å². The highest BCUT2D eigenvalue weighted by atomic mass is 35.5. The molecule has 1 aliphatic heterocycles. The van der Waals surface area contributed by atoms with E-state index in [1.807, 2.05) is 6.07 Å². The number of rotatable bonds is 4. The summed E-state index contributed by atoms with van der Waals surface area (Å²) in [7, 11) is 0. The highest BCUT2D eigenvalue weighted by Crippen LogP contribution is 2.27. The van der Waals surface area contributed by atoms with Gasteiger partial charge in [0.15, 0.2) is 0 Å². The predicted octanol–water partition coefficient (Wildman–Crippen LogP) is 4.35. The number of ether oxygens (including phenoxy) is 1. The summed E-state index contributed by atoms with van der Waals surface area (Å²) in [4.78, 5) is 24.5. The maximum Gasteiger partial charge on any atom is 0.255 e. The van der Waals surface area contributed by atoms with Crippen LogP contribution in [0.4, 0.5) is 11.4 Å². The minimum absolute atomic E-state index is 0.195. The first-order valence-corrected chi connectivity index (χ1v) is 8.99. The topological polar surface area (TPSA) is 67.4 Å². The lowest BCUT2D eigenvalue weighted by Gasteiger charge is -2.26. The van der Waals surface area contributed by atoms with E-state index in [1.165, 1.54) is 0 Å². The molecule has 1 saturated heterocycles. The third kappa shape index (κ3) is 4.62. The summed E-state index contributed by atoms with van der Waals surface area (Å²) in [6.45, 7) is 2.70. The Balaban J connectivity index is 1.62. The molecule has 26 heavy (non-hydrogen) atoms. The van der Waals surface area contributed by atoms with Crippen molar-refractivity contribution < 1.29 is 14.3 Å². The number of carbonyl (C=O) groups is 2. The first-order valence-electron chi connectivity index (χ1n) is 8.61. The van der Waals surface area contributed by atoms with Gasteiger partial charge in [-0.3, -0.25) is 9.59 Å². The van der Waals surface area contributed by atoms with E-state index >= 15 is 0 Å². The highest BCUT2D eigenvalue weighted by molar-refractivity contribution is 6.34. The summed E-state index contributed by atoms with van der Waals surface area (Å²) in [5, 5.41) is 5.94. The molecule has 0 saturated carbocycles. The molecule has 1 heterocycles. The van der Waals surface area contributed by atoms with E-state index in [1.54, 1.807) is 42.5 Å². The normalized spacial score (nSPS) is 19.6. The molecule has 136 valence electrons. The van der Waals surface area contributed by atoms with Gasteiger partial charge in [-0.15, -0.1) is 0 Å². The van der Waals surface area contributed by atoms with E-state index < -0.39 is 6.10 Å². The number of carbonyl (C=O) groups excluding carboxylic acids is 2. The largest absolute Gasteiger partial charge is 0.368 e. The van der Waals surface area contributed by atoms with Gasteiger partial charge in [-0.05, 0) is 49.1 Å². The van der Waals surface area contributed by atoms with Crippen molar-refractivity contribution in [1.82, 2.24) is 0 Å². The van der Waals surface area contributed by atoms with E-state index in [0.29, 0.717) is 40.9 Å². The average molecular weight is 373 g/mol. The monoisotopic (exact) mass is 372 g/mol. The lowest BCUT2D eigenvalue weighted by molar-refractivity contribution is -0.131. The SMILES string of the molecule is CC1CCC(C(=O)Nc2ccc(NC(=O)c3ccccc3)cc2Cl)OC1. The second-order valence-electron chi connectivity index (χ2n) is 6.51. The average Bonchev–Trinajstić information content (AvgIpc) is 2.65. The quantitative estimate of drug-likeness (QED) is 0.838. The molecule has 2 atom stereocenters. The van der Waals surface area contributed by atoms with Crippen molar-refractivity contribution in [3.63, 3.8) is 0 Å². The molecule has 1 fully saturated rings. The molecule has 2 aromatic carbocycles. The Labute approximate surface area is 157 Å². The maximum atomic E-state index is 12.3. The molecule has 0 spiro atoms. The summed E-state index contributed by atoms with van der Waals surface area (Å²) >= 11 is 6.26. The van der Waals surface area contributed by atoms with Crippen LogP contribution in [0.3, 0.4) is 0 Å². The van der Waals surface area contributed by atoms with Gasteiger partial charge in [0.1, 0.15) is 6.10 Å². The van der Waals surface area contributed by atoms with E-state index in [4.69, 9.17) is 16.3 Å². The molecule has 5 nitrogen and oxygen atoms in total. The summed E-state index contributed by atoms with van der Waals surface area (Å²) < 4.78 is 5.58. The molecule has 2 unspecified atom stereocenters. The summed E-state index contributed by atoms with van der Waals surface area (Å²) in [6, 6.07) is 13.9. The summed E-state index contributed by atoms with van der Waals surface area (Å²) in [6.07, 6.45) is 1.23. The minimum atomic E-state index is -0.445. The zero-order valence-corrected chi connectivity index (χ0v) is 15.3. The fourth-order valence-corrected chi connectivity index (χ4v) is 3.02. The molecule has 2 amide bonds. The van der Waals surface area contributed by atoms with Crippen LogP contribution in [0.25, 0.3) is 0 Å². The summed E-state index contributed by atoms with van der Waals surface area (Å²) in [5.41, 5.74) is 1.62. The summed E-state index contributed by atoms with van der Waals surface area (Å²) in [5.74, 6) is 0.0678. The van der Waals surface area contributed by atoms with Crippen molar-refractivity contribution in [2.45, 2.75) is 25.9 Å². The molecule has 0 radical (unpaired) electrons. The first kappa shape index (κ1) is 18.4. The Morgan fingerprint density at radius 1 is 1.08 bits per heavy atom. The predicted molar refractivity (Wildman–Crippen MR) is 103 cm³/mol. The molecule has 6 heteroatoms. The van der Waals surface area contributed by atoms with Crippen LogP contribution in [-0.4, -0.2) is 24.5 Å². The Kier molecular flexibility index (Phi) is 5.91. The van der Waals surface area contributed by atoms with Crippen LogP contribution < -0.4 is 10.6 Å². The van der Waals surface area contributed by atoms with Gasteiger partial charge in [-0.25, -0.2) is 0 Å². The van der Waals surface area contributed by atoms with Gasteiger partial charge in [0.25, 0.3) is 11.8 Å². The number of halogens is 1. The van der Waals surface area contributed by atoms with Crippen LogP contribution in [0.15, 0.2) is 48.5 Å². The van der Waals surface area contributed by atoms with Gasteiger partial charge in [0.05, 0.1) is 17.3 Å². The van der Waals surface area contributed by atoms with E-state index in [-0.39, 0.29) is 11.8 Å².